The first kappa shape index (κ1) is 13.2. The van der Waals surface area contributed by atoms with Gasteiger partial charge in [-0.2, -0.15) is 0 Å². The number of likely N-dealkylation sites (tertiary alicyclic amines) is 2. The minimum Gasteiger partial charge on any atom is -0.389 e. The fraction of sp³-hybridized carbons (Fsp3) is 1.00. The van der Waals surface area contributed by atoms with E-state index in [0.717, 1.165) is 19.6 Å². The quantitative estimate of drug-likeness (QED) is 0.810. The van der Waals surface area contributed by atoms with Crippen molar-refractivity contribution in [1.29, 1.82) is 0 Å². The maximum atomic E-state index is 13.3. The maximum absolute atomic E-state index is 13.3. The molecular formula is C13H25FN2O. The van der Waals surface area contributed by atoms with Gasteiger partial charge in [-0.1, -0.05) is 6.42 Å². The van der Waals surface area contributed by atoms with Crippen molar-refractivity contribution < 1.29 is 9.50 Å². The molecule has 2 atom stereocenters. The number of halogens is 1. The van der Waals surface area contributed by atoms with Crippen molar-refractivity contribution in [3.8, 4) is 0 Å². The monoisotopic (exact) mass is 244 g/mol. The van der Waals surface area contributed by atoms with Crippen LogP contribution in [0.3, 0.4) is 0 Å². The topological polar surface area (TPSA) is 26.7 Å². The summed E-state index contributed by atoms with van der Waals surface area (Å²) < 4.78 is 13.3. The molecule has 2 rings (SSSR count). The Morgan fingerprint density at radius 1 is 1.18 bits per heavy atom. The Bertz CT molecular complexity index is 244. The van der Waals surface area contributed by atoms with Crippen molar-refractivity contribution in [2.45, 2.75) is 50.9 Å². The van der Waals surface area contributed by atoms with Gasteiger partial charge in [0.15, 0.2) is 0 Å². The lowest BCUT2D eigenvalue weighted by atomic mass is 9.98. The summed E-state index contributed by atoms with van der Waals surface area (Å²) in [6.07, 6.45) is 2.04. The van der Waals surface area contributed by atoms with E-state index in [1.807, 2.05) is 0 Å². The Kier molecular flexibility index (Phi) is 4.06. The summed E-state index contributed by atoms with van der Waals surface area (Å²) in [6, 6.07) is 0. The molecule has 0 aromatic rings. The van der Waals surface area contributed by atoms with E-state index in [4.69, 9.17) is 0 Å². The highest BCUT2D eigenvalue weighted by atomic mass is 19.1. The van der Waals surface area contributed by atoms with Crippen LogP contribution >= 0.6 is 0 Å². The molecule has 0 amide bonds. The largest absolute Gasteiger partial charge is 0.389 e. The van der Waals surface area contributed by atoms with Crippen LogP contribution in [-0.4, -0.2) is 65.4 Å². The van der Waals surface area contributed by atoms with Gasteiger partial charge in [0.2, 0.25) is 0 Å². The average Bonchev–Trinajstić information content (AvgIpc) is 2.58. The lowest BCUT2D eigenvalue weighted by molar-refractivity contribution is 0.0602. The van der Waals surface area contributed by atoms with Gasteiger partial charge in [0.1, 0.15) is 6.17 Å². The van der Waals surface area contributed by atoms with Gasteiger partial charge in [0.05, 0.1) is 6.10 Å². The molecule has 100 valence electrons. The zero-order valence-electron chi connectivity index (χ0n) is 11.0. The molecule has 1 N–H and O–H groups in total. The van der Waals surface area contributed by atoms with Gasteiger partial charge < -0.3 is 5.11 Å². The average molecular weight is 244 g/mol. The smallest absolute Gasteiger partial charge is 0.140 e. The number of nitrogens with zero attached hydrogens (tertiary/aromatic N) is 2. The molecule has 2 heterocycles. The van der Waals surface area contributed by atoms with Crippen LogP contribution in [0.25, 0.3) is 0 Å². The lowest BCUT2D eigenvalue weighted by Crippen LogP contribution is -2.53. The van der Waals surface area contributed by atoms with Crippen LogP contribution in [-0.2, 0) is 0 Å². The number of piperidine rings is 1. The molecule has 2 saturated heterocycles. The van der Waals surface area contributed by atoms with E-state index in [-0.39, 0.29) is 5.54 Å². The molecule has 0 spiro atoms. The zero-order chi connectivity index (χ0) is 12.5. The predicted octanol–water partition coefficient (Wildman–Crippen LogP) is 1.27. The van der Waals surface area contributed by atoms with Crippen LogP contribution in [0.2, 0.25) is 0 Å². The van der Waals surface area contributed by atoms with E-state index in [1.165, 1.54) is 19.3 Å². The number of rotatable bonds is 3. The molecule has 3 nitrogen and oxygen atoms in total. The van der Waals surface area contributed by atoms with E-state index in [9.17, 15) is 9.50 Å². The number of aliphatic hydroxyl groups is 1. The van der Waals surface area contributed by atoms with Crippen LogP contribution in [0.1, 0.15) is 33.1 Å². The molecule has 4 heteroatoms. The minimum absolute atomic E-state index is 0.0875. The molecule has 0 aliphatic carbocycles. The molecule has 2 aliphatic rings. The molecule has 2 aliphatic heterocycles. The number of aliphatic hydroxyl groups excluding tert-OH is 1. The van der Waals surface area contributed by atoms with E-state index in [1.54, 1.807) is 0 Å². The highest BCUT2D eigenvalue weighted by Gasteiger charge is 2.36. The summed E-state index contributed by atoms with van der Waals surface area (Å²) in [5.74, 6) is 0. The molecule has 0 bridgehead atoms. The van der Waals surface area contributed by atoms with Gasteiger partial charge in [-0.3, -0.25) is 9.80 Å². The zero-order valence-corrected chi connectivity index (χ0v) is 11.0. The van der Waals surface area contributed by atoms with E-state index < -0.39 is 12.3 Å². The molecule has 0 saturated carbocycles. The van der Waals surface area contributed by atoms with Crippen LogP contribution in [0, 0.1) is 0 Å². The predicted molar refractivity (Wildman–Crippen MR) is 66.8 cm³/mol. The summed E-state index contributed by atoms with van der Waals surface area (Å²) in [7, 11) is 0. The van der Waals surface area contributed by atoms with Crippen molar-refractivity contribution in [3.63, 3.8) is 0 Å². The Hall–Kier alpha value is -0.190. The summed E-state index contributed by atoms with van der Waals surface area (Å²) in [5.41, 5.74) is 0.0875. The molecule has 17 heavy (non-hydrogen) atoms. The van der Waals surface area contributed by atoms with Crippen LogP contribution in [0.4, 0.5) is 4.39 Å². The standard InChI is InChI=1S/C13H25FN2O/c1-13(2,16-6-4-3-5-7-16)10-15-8-11(14)12(17)9-15/h11-12,17H,3-10H2,1-2H3/t11-,12-/m1/s1. The van der Waals surface area contributed by atoms with Crippen molar-refractivity contribution in [3.05, 3.63) is 0 Å². The van der Waals surface area contributed by atoms with Crippen LogP contribution in [0.15, 0.2) is 0 Å². The van der Waals surface area contributed by atoms with Crippen molar-refractivity contribution in [2.75, 3.05) is 32.7 Å². The van der Waals surface area contributed by atoms with Gasteiger partial charge in [-0.25, -0.2) is 4.39 Å². The van der Waals surface area contributed by atoms with E-state index in [2.05, 4.69) is 23.6 Å². The first-order chi connectivity index (χ1) is 7.99. The number of hydrogen-bond donors (Lipinski definition) is 1. The fourth-order valence-corrected chi connectivity index (χ4v) is 3.10. The second-order valence-electron chi connectivity index (χ2n) is 6.14. The van der Waals surface area contributed by atoms with Gasteiger partial charge in [-0.15, -0.1) is 0 Å². The number of hydrogen-bond acceptors (Lipinski definition) is 3. The van der Waals surface area contributed by atoms with Crippen molar-refractivity contribution in [1.82, 2.24) is 9.80 Å². The van der Waals surface area contributed by atoms with Gasteiger partial charge >= 0.3 is 0 Å². The van der Waals surface area contributed by atoms with Crippen LogP contribution < -0.4 is 0 Å². The Morgan fingerprint density at radius 2 is 1.82 bits per heavy atom. The van der Waals surface area contributed by atoms with Gasteiger partial charge in [0.25, 0.3) is 0 Å². The SMILES string of the molecule is CC(C)(CN1C[C@@H](O)[C@H](F)C1)N1CCCCC1. The Labute approximate surface area is 104 Å². The first-order valence-electron chi connectivity index (χ1n) is 6.78. The van der Waals surface area contributed by atoms with Crippen molar-refractivity contribution in [2.24, 2.45) is 0 Å². The third-order valence-corrected chi connectivity index (χ3v) is 4.12. The molecule has 0 radical (unpaired) electrons. The highest BCUT2D eigenvalue weighted by molar-refractivity contribution is 4.91. The molecule has 0 aromatic heterocycles. The van der Waals surface area contributed by atoms with Crippen molar-refractivity contribution >= 4 is 0 Å². The third kappa shape index (κ3) is 3.18. The summed E-state index contributed by atoms with van der Waals surface area (Å²) in [4.78, 5) is 4.57. The first-order valence-corrected chi connectivity index (χ1v) is 6.78. The lowest BCUT2D eigenvalue weighted by Gasteiger charge is -2.43. The molecular weight excluding hydrogens is 219 g/mol. The minimum atomic E-state index is -1.06. The summed E-state index contributed by atoms with van der Waals surface area (Å²) in [5, 5.41) is 9.45. The molecule has 0 unspecified atom stereocenters. The Balaban J connectivity index is 1.88. The molecule has 0 aromatic carbocycles. The summed E-state index contributed by atoms with van der Waals surface area (Å²) >= 11 is 0. The molecule has 2 fully saturated rings. The fourth-order valence-electron chi connectivity index (χ4n) is 3.10. The Morgan fingerprint density at radius 3 is 2.35 bits per heavy atom. The summed E-state index contributed by atoms with van der Waals surface area (Å²) in [6.45, 7) is 8.50. The maximum Gasteiger partial charge on any atom is 0.140 e. The van der Waals surface area contributed by atoms with Gasteiger partial charge in [-0.05, 0) is 39.8 Å². The van der Waals surface area contributed by atoms with Crippen LogP contribution in [0.5, 0.6) is 0 Å². The number of alkyl halides is 1. The third-order valence-electron chi connectivity index (χ3n) is 4.12. The van der Waals surface area contributed by atoms with Gasteiger partial charge in [0, 0.05) is 25.2 Å². The highest BCUT2D eigenvalue weighted by Crippen LogP contribution is 2.24. The van der Waals surface area contributed by atoms with E-state index in [0.29, 0.717) is 13.1 Å². The van der Waals surface area contributed by atoms with E-state index >= 15 is 0 Å². The second-order valence-corrected chi connectivity index (χ2v) is 6.14. The normalized spacial score (nSPS) is 33.2. The number of β-amino-alcohol motifs (C(OH)–C–C–N with tert-alkyl or cyclic N) is 1. The second kappa shape index (κ2) is 5.21.